The van der Waals surface area contributed by atoms with Crippen LogP contribution in [0.3, 0.4) is 0 Å². The van der Waals surface area contributed by atoms with E-state index in [2.05, 4.69) is 5.10 Å². The Kier molecular flexibility index (Phi) is 4.37. The highest BCUT2D eigenvalue weighted by Gasteiger charge is 2.12. The number of para-hydroxylation sites is 1. The maximum Gasteiger partial charge on any atom is 0.244 e. The van der Waals surface area contributed by atoms with Gasteiger partial charge in [0, 0.05) is 19.0 Å². The Morgan fingerprint density at radius 2 is 1.88 bits per heavy atom. The van der Waals surface area contributed by atoms with Gasteiger partial charge in [0.15, 0.2) is 0 Å². The predicted molar refractivity (Wildman–Crippen MR) is 88.9 cm³/mol. The van der Waals surface area contributed by atoms with E-state index in [1.54, 1.807) is 48.3 Å². The van der Waals surface area contributed by atoms with Gasteiger partial charge in [0.05, 0.1) is 11.7 Å². The van der Waals surface area contributed by atoms with Gasteiger partial charge in [0.25, 0.3) is 0 Å². The fourth-order valence-corrected chi connectivity index (χ4v) is 2.49. The number of carbonyl (C=O) groups is 1. The molecule has 2 aromatic carbocycles. The Bertz CT molecular complexity index is 935. The largest absolute Gasteiger partial charge is 0.340 e. The summed E-state index contributed by atoms with van der Waals surface area (Å²) in [5, 5.41) is 4.58. The van der Waals surface area contributed by atoms with Crippen LogP contribution in [0.25, 0.3) is 10.9 Å². The van der Waals surface area contributed by atoms with Gasteiger partial charge in [0.1, 0.15) is 12.4 Å². The molecule has 5 nitrogen and oxygen atoms in total. The molecular weight excluding hydrogens is 309 g/mol. The van der Waals surface area contributed by atoms with Crippen LogP contribution in [-0.4, -0.2) is 27.6 Å². The minimum absolute atomic E-state index is 0.0263. The highest BCUT2D eigenvalue weighted by Crippen LogP contribution is 2.09. The van der Waals surface area contributed by atoms with Crippen molar-refractivity contribution in [2.24, 2.45) is 0 Å². The second kappa shape index (κ2) is 6.62. The molecule has 0 saturated heterocycles. The van der Waals surface area contributed by atoms with Crippen LogP contribution in [-0.2, 0) is 17.9 Å². The van der Waals surface area contributed by atoms with Crippen LogP contribution in [0.15, 0.2) is 59.5 Å². The van der Waals surface area contributed by atoms with Gasteiger partial charge in [-0.05, 0) is 29.8 Å². The van der Waals surface area contributed by atoms with Crippen LogP contribution in [0.4, 0.5) is 4.39 Å². The number of aromatic nitrogens is 2. The molecule has 0 aliphatic carbocycles. The minimum Gasteiger partial charge on any atom is -0.340 e. The summed E-state index contributed by atoms with van der Waals surface area (Å²) in [5.41, 5.74) is 1.28. The van der Waals surface area contributed by atoms with Crippen LogP contribution < -0.4 is 5.43 Å². The molecule has 0 aliphatic rings. The Morgan fingerprint density at radius 1 is 1.17 bits per heavy atom. The maximum absolute atomic E-state index is 12.9. The molecular formula is C18H16FN3O2. The molecule has 0 unspecified atom stereocenters. The topological polar surface area (TPSA) is 55.2 Å². The molecule has 0 aliphatic heterocycles. The van der Waals surface area contributed by atoms with E-state index < -0.39 is 0 Å². The van der Waals surface area contributed by atoms with Crippen molar-refractivity contribution in [2.45, 2.75) is 13.1 Å². The van der Waals surface area contributed by atoms with E-state index >= 15 is 0 Å². The molecule has 1 aromatic heterocycles. The number of hydrogen-bond acceptors (Lipinski definition) is 3. The Balaban J connectivity index is 1.78. The van der Waals surface area contributed by atoms with Crippen LogP contribution in [0.1, 0.15) is 5.56 Å². The summed E-state index contributed by atoms with van der Waals surface area (Å²) in [5.74, 6) is -0.461. The SMILES string of the molecule is CN(Cc1ccc(F)cc1)C(=O)Cn1ncc(=O)c2ccccc21. The number of rotatable bonds is 4. The van der Waals surface area contributed by atoms with Gasteiger partial charge in [-0.25, -0.2) is 4.39 Å². The summed E-state index contributed by atoms with van der Waals surface area (Å²) in [6.45, 7) is 0.399. The maximum atomic E-state index is 12.9. The van der Waals surface area contributed by atoms with Crippen molar-refractivity contribution in [3.8, 4) is 0 Å². The average Bonchev–Trinajstić information content (AvgIpc) is 2.59. The lowest BCUT2D eigenvalue weighted by Crippen LogP contribution is -2.31. The van der Waals surface area contributed by atoms with E-state index in [1.807, 2.05) is 0 Å². The van der Waals surface area contributed by atoms with E-state index in [9.17, 15) is 14.0 Å². The zero-order chi connectivity index (χ0) is 17.1. The number of nitrogens with zero attached hydrogens (tertiary/aromatic N) is 3. The molecule has 1 amide bonds. The molecule has 1 heterocycles. The van der Waals surface area contributed by atoms with Crippen LogP contribution >= 0.6 is 0 Å². The zero-order valence-electron chi connectivity index (χ0n) is 13.1. The zero-order valence-corrected chi connectivity index (χ0v) is 13.1. The first kappa shape index (κ1) is 15.9. The fraction of sp³-hybridized carbons (Fsp3) is 0.167. The standard InChI is InChI=1S/C18H16FN3O2/c1-21(11-13-6-8-14(19)9-7-13)18(24)12-22-16-5-3-2-4-15(16)17(23)10-20-22/h2-10H,11-12H2,1H3. The van der Waals surface area contributed by atoms with Crippen LogP contribution in [0, 0.1) is 5.82 Å². The lowest BCUT2D eigenvalue weighted by molar-refractivity contribution is -0.131. The van der Waals surface area contributed by atoms with Gasteiger partial charge in [-0.2, -0.15) is 5.10 Å². The quantitative estimate of drug-likeness (QED) is 0.739. The third kappa shape index (κ3) is 3.32. The molecule has 0 fully saturated rings. The summed E-state index contributed by atoms with van der Waals surface area (Å²) in [6, 6.07) is 13.1. The van der Waals surface area contributed by atoms with Crippen LogP contribution in [0.5, 0.6) is 0 Å². The third-order valence-electron chi connectivity index (χ3n) is 3.81. The normalized spacial score (nSPS) is 10.8. The molecule has 0 bridgehead atoms. The number of amides is 1. The number of halogens is 1. The lowest BCUT2D eigenvalue weighted by Gasteiger charge is -2.18. The van der Waals surface area contributed by atoms with Gasteiger partial charge in [-0.15, -0.1) is 0 Å². The summed E-state index contributed by atoms with van der Waals surface area (Å²) < 4.78 is 14.4. The fourth-order valence-electron chi connectivity index (χ4n) is 2.49. The van der Waals surface area contributed by atoms with Crippen molar-refractivity contribution in [3.63, 3.8) is 0 Å². The van der Waals surface area contributed by atoms with Crippen molar-refractivity contribution in [1.82, 2.24) is 14.7 Å². The number of benzene rings is 2. The molecule has 6 heteroatoms. The molecule has 0 radical (unpaired) electrons. The van der Waals surface area contributed by atoms with Gasteiger partial charge in [0.2, 0.25) is 11.3 Å². The van der Waals surface area contributed by atoms with E-state index in [0.717, 1.165) is 5.56 Å². The molecule has 3 rings (SSSR count). The lowest BCUT2D eigenvalue weighted by atomic mass is 10.2. The Hall–Kier alpha value is -3.02. The van der Waals surface area contributed by atoms with Gasteiger partial charge in [-0.1, -0.05) is 24.3 Å². The number of likely N-dealkylation sites (N-methyl/N-ethyl adjacent to an activating group) is 1. The number of fused-ring (bicyclic) bond motifs is 1. The molecule has 0 atom stereocenters. The molecule has 122 valence electrons. The van der Waals surface area contributed by atoms with Crippen molar-refractivity contribution in [3.05, 3.63) is 76.3 Å². The number of carbonyl (C=O) groups excluding carboxylic acids is 1. The van der Waals surface area contributed by atoms with E-state index in [1.165, 1.54) is 23.0 Å². The summed E-state index contributed by atoms with van der Waals surface area (Å²) in [6.07, 6.45) is 1.22. The second-order valence-corrected chi connectivity index (χ2v) is 5.56. The summed E-state index contributed by atoms with van der Waals surface area (Å²) in [4.78, 5) is 25.8. The van der Waals surface area contributed by atoms with Crippen molar-refractivity contribution in [2.75, 3.05) is 7.05 Å². The second-order valence-electron chi connectivity index (χ2n) is 5.56. The monoisotopic (exact) mass is 325 g/mol. The predicted octanol–water partition coefficient (Wildman–Crippen LogP) is 2.19. The Labute approximate surface area is 137 Å². The molecule has 24 heavy (non-hydrogen) atoms. The molecule has 0 spiro atoms. The van der Waals surface area contributed by atoms with Crippen molar-refractivity contribution < 1.29 is 9.18 Å². The van der Waals surface area contributed by atoms with Gasteiger partial charge in [-0.3, -0.25) is 14.3 Å². The van der Waals surface area contributed by atoms with E-state index in [4.69, 9.17) is 0 Å². The number of hydrogen-bond donors (Lipinski definition) is 0. The Morgan fingerprint density at radius 3 is 2.62 bits per heavy atom. The first-order chi connectivity index (χ1) is 11.5. The third-order valence-corrected chi connectivity index (χ3v) is 3.81. The van der Waals surface area contributed by atoms with E-state index in [0.29, 0.717) is 17.4 Å². The van der Waals surface area contributed by atoms with Gasteiger partial charge < -0.3 is 4.90 Å². The summed E-state index contributed by atoms with van der Waals surface area (Å²) in [7, 11) is 1.68. The van der Waals surface area contributed by atoms with Crippen LogP contribution in [0.2, 0.25) is 0 Å². The van der Waals surface area contributed by atoms with Crippen molar-refractivity contribution in [1.29, 1.82) is 0 Å². The average molecular weight is 325 g/mol. The minimum atomic E-state index is -0.309. The molecule has 3 aromatic rings. The first-order valence-corrected chi connectivity index (χ1v) is 7.48. The van der Waals surface area contributed by atoms with Gasteiger partial charge >= 0.3 is 0 Å². The first-order valence-electron chi connectivity index (χ1n) is 7.48. The molecule has 0 N–H and O–H groups in total. The summed E-state index contributed by atoms with van der Waals surface area (Å²) >= 11 is 0. The smallest absolute Gasteiger partial charge is 0.244 e. The highest BCUT2D eigenvalue weighted by atomic mass is 19.1. The highest BCUT2D eigenvalue weighted by molar-refractivity contribution is 5.81. The van der Waals surface area contributed by atoms with E-state index in [-0.39, 0.29) is 23.7 Å². The molecule has 0 saturated carbocycles. The van der Waals surface area contributed by atoms with Crippen molar-refractivity contribution >= 4 is 16.8 Å².